The quantitative estimate of drug-likeness (QED) is 0.836. The first-order valence-corrected chi connectivity index (χ1v) is 5.68. The summed E-state index contributed by atoms with van der Waals surface area (Å²) in [5, 5.41) is 9.85. The van der Waals surface area contributed by atoms with Gasteiger partial charge in [0.05, 0.1) is 0 Å². The molecule has 0 aliphatic carbocycles. The topological polar surface area (TPSA) is 55.5 Å². The molecule has 3 nitrogen and oxygen atoms in total. The van der Waals surface area contributed by atoms with Gasteiger partial charge in [-0.15, -0.1) is 0 Å². The van der Waals surface area contributed by atoms with Crippen LogP contribution in [0.3, 0.4) is 0 Å². The third-order valence-electron chi connectivity index (χ3n) is 2.63. The lowest BCUT2D eigenvalue weighted by molar-refractivity contribution is 0.105. The van der Waals surface area contributed by atoms with Crippen LogP contribution in [0.15, 0.2) is 42.5 Å². The Hall–Kier alpha value is -2.14. The minimum Gasteiger partial charge on any atom is -0.487 e. The molecule has 0 saturated heterocycles. The van der Waals surface area contributed by atoms with E-state index in [-0.39, 0.29) is 12.4 Å². The van der Waals surface area contributed by atoms with Gasteiger partial charge in [-0.1, -0.05) is 18.2 Å². The molecule has 5 heteroatoms. The smallest absolute Gasteiger partial charge is 0.200 e. The van der Waals surface area contributed by atoms with Gasteiger partial charge in [-0.2, -0.15) is 4.39 Å². The van der Waals surface area contributed by atoms with Gasteiger partial charge in [0, 0.05) is 5.69 Å². The number of ether oxygens (including phenoxy) is 1. The molecule has 0 radical (unpaired) electrons. The van der Waals surface area contributed by atoms with Crippen LogP contribution in [0.2, 0.25) is 0 Å². The molecular formula is C14H13F2NO2. The maximum absolute atomic E-state index is 13.3. The van der Waals surface area contributed by atoms with Crippen molar-refractivity contribution in [3.8, 4) is 5.75 Å². The molecule has 0 bridgehead atoms. The van der Waals surface area contributed by atoms with Crippen LogP contribution < -0.4 is 10.5 Å². The van der Waals surface area contributed by atoms with Crippen molar-refractivity contribution < 1.29 is 18.6 Å². The van der Waals surface area contributed by atoms with Crippen LogP contribution in [-0.4, -0.2) is 11.7 Å². The second kappa shape index (κ2) is 5.67. The lowest BCUT2D eigenvalue weighted by Gasteiger charge is -2.13. The minimum absolute atomic E-state index is 0.176. The lowest BCUT2D eigenvalue weighted by Crippen LogP contribution is -2.10. The Bertz CT molecular complexity index is 558. The normalized spacial score (nSPS) is 12.2. The number of anilines is 1. The zero-order valence-corrected chi connectivity index (χ0v) is 10.0. The van der Waals surface area contributed by atoms with Crippen molar-refractivity contribution in [3.63, 3.8) is 0 Å². The Labute approximate surface area is 109 Å². The number of aliphatic hydroxyl groups excluding tert-OH is 1. The maximum Gasteiger partial charge on any atom is 0.200 e. The molecule has 2 rings (SSSR count). The van der Waals surface area contributed by atoms with Gasteiger partial charge < -0.3 is 15.6 Å². The van der Waals surface area contributed by atoms with Gasteiger partial charge >= 0.3 is 0 Å². The van der Waals surface area contributed by atoms with E-state index in [2.05, 4.69) is 0 Å². The molecule has 100 valence electrons. The molecule has 2 aromatic carbocycles. The van der Waals surface area contributed by atoms with Gasteiger partial charge in [-0.25, -0.2) is 4.39 Å². The summed E-state index contributed by atoms with van der Waals surface area (Å²) in [5.74, 6) is -2.28. The summed E-state index contributed by atoms with van der Waals surface area (Å²) in [6.45, 7) is -0.176. The highest BCUT2D eigenvalue weighted by molar-refractivity contribution is 5.39. The van der Waals surface area contributed by atoms with Crippen LogP contribution in [0.4, 0.5) is 14.5 Å². The van der Waals surface area contributed by atoms with E-state index in [1.807, 2.05) is 0 Å². The molecule has 0 heterocycles. The van der Waals surface area contributed by atoms with Gasteiger partial charge in [0.25, 0.3) is 0 Å². The number of benzene rings is 2. The number of hydrogen-bond acceptors (Lipinski definition) is 3. The first-order valence-electron chi connectivity index (χ1n) is 5.68. The zero-order chi connectivity index (χ0) is 13.8. The molecule has 0 aliphatic heterocycles. The van der Waals surface area contributed by atoms with Crippen molar-refractivity contribution in [1.29, 1.82) is 0 Å². The highest BCUT2D eigenvalue weighted by Gasteiger charge is 2.12. The molecule has 0 aromatic heterocycles. The van der Waals surface area contributed by atoms with Crippen LogP contribution in [0.5, 0.6) is 5.75 Å². The van der Waals surface area contributed by atoms with E-state index < -0.39 is 17.7 Å². The highest BCUT2D eigenvalue weighted by Crippen LogP contribution is 2.21. The van der Waals surface area contributed by atoms with Crippen molar-refractivity contribution in [2.24, 2.45) is 0 Å². The SMILES string of the molecule is Nc1ccc(C(O)COc2cccc(F)c2F)cc1. The van der Waals surface area contributed by atoms with Crippen LogP contribution in [0, 0.1) is 11.6 Å². The van der Waals surface area contributed by atoms with E-state index in [9.17, 15) is 13.9 Å². The first-order chi connectivity index (χ1) is 9.08. The van der Waals surface area contributed by atoms with Gasteiger partial charge in [0.1, 0.15) is 12.7 Å². The Balaban J connectivity index is 2.02. The Morgan fingerprint density at radius 2 is 1.79 bits per heavy atom. The molecule has 0 amide bonds. The lowest BCUT2D eigenvalue weighted by atomic mass is 10.1. The molecule has 19 heavy (non-hydrogen) atoms. The van der Waals surface area contributed by atoms with Crippen molar-refractivity contribution in [2.75, 3.05) is 12.3 Å². The Kier molecular flexibility index (Phi) is 3.97. The van der Waals surface area contributed by atoms with Crippen molar-refractivity contribution >= 4 is 5.69 Å². The number of hydrogen-bond donors (Lipinski definition) is 2. The van der Waals surface area contributed by atoms with E-state index in [4.69, 9.17) is 10.5 Å². The number of nitrogens with two attached hydrogens (primary N) is 1. The summed E-state index contributed by atoms with van der Waals surface area (Å²) < 4.78 is 31.3. The molecule has 0 fully saturated rings. The third-order valence-corrected chi connectivity index (χ3v) is 2.63. The molecular weight excluding hydrogens is 252 g/mol. The average Bonchev–Trinajstić information content (AvgIpc) is 2.41. The molecule has 3 N–H and O–H groups in total. The predicted molar refractivity (Wildman–Crippen MR) is 67.7 cm³/mol. The van der Waals surface area contributed by atoms with Crippen molar-refractivity contribution in [3.05, 3.63) is 59.7 Å². The molecule has 0 spiro atoms. The fourth-order valence-electron chi connectivity index (χ4n) is 1.58. The van der Waals surface area contributed by atoms with E-state index in [0.717, 1.165) is 6.07 Å². The molecule has 0 aliphatic rings. The Morgan fingerprint density at radius 3 is 2.47 bits per heavy atom. The van der Waals surface area contributed by atoms with Crippen LogP contribution in [0.25, 0.3) is 0 Å². The van der Waals surface area contributed by atoms with E-state index in [0.29, 0.717) is 11.3 Å². The van der Waals surface area contributed by atoms with Gasteiger partial charge in [-0.05, 0) is 29.8 Å². The van der Waals surface area contributed by atoms with Crippen molar-refractivity contribution in [2.45, 2.75) is 6.10 Å². The largest absolute Gasteiger partial charge is 0.487 e. The van der Waals surface area contributed by atoms with Crippen LogP contribution in [-0.2, 0) is 0 Å². The molecule has 2 aromatic rings. The van der Waals surface area contributed by atoms with E-state index in [1.54, 1.807) is 24.3 Å². The summed E-state index contributed by atoms with van der Waals surface area (Å²) in [5.41, 5.74) is 6.69. The second-order valence-corrected chi connectivity index (χ2v) is 4.05. The van der Waals surface area contributed by atoms with Gasteiger partial charge in [0.2, 0.25) is 5.82 Å². The molecule has 1 unspecified atom stereocenters. The molecule has 0 saturated carbocycles. The minimum atomic E-state index is -1.06. The number of aliphatic hydroxyl groups is 1. The van der Waals surface area contributed by atoms with E-state index >= 15 is 0 Å². The zero-order valence-electron chi connectivity index (χ0n) is 10.0. The Morgan fingerprint density at radius 1 is 1.11 bits per heavy atom. The summed E-state index contributed by atoms with van der Waals surface area (Å²) in [4.78, 5) is 0. The maximum atomic E-state index is 13.3. The van der Waals surface area contributed by atoms with E-state index in [1.165, 1.54) is 12.1 Å². The standard InChI is InChI=1S/C14H13F2NO2/c15-11-2-1-3-13(14(11)16)19-8-12(18)9-4-6-10(17)7-5-9/h1-7,12,18H,8,17H2. The number of rotatable bonds is 4. The monoisotopic (exact) mass is 265 g/mol. The van der Waals surface area contributed by atoms with Crippen molar-refractivity contribution in [1.82, 2.24) is 0 Å². The highest BCUT2D eigenvalue weighted by atomic mass is 19.2. The summed E-state index contributed by atoms with van der Waals surface area (Å²) in [7, 11) is 0. The number of halogens is 2. The first kappa shape index (κ1) is 13.3. The van der Waals surface area contributed by atoms with Crippen LogP contribution >= 0.6 is 0 Å². The van der Waals surface area contributed by atoms with Gasteiger partial charge in [0.15, 0.2) is 11.6 Å². The summed E-state index contributed by atoms with van der Waals surface area (Å²) in [6.07, 6.45) is -0.941. The van der Waals surface area contributed by atoms with Crippen LogP contribution in [0.1, 0.15) is 11.7 Å². The fraction of sp³-hybridized carbons (Fsp3) is 0.143. The second-order valence-electron chi connectivity index (χ2n) is 4.05. The summed E-state index contributed by atoms with van der Waals surface area (Å²) >= 11 is 0. The average molecular weight is 265 g/mol. The molecule has 1 atom stereocenters. The van der Waals surface area contributed by atoms with Gasteiger partial charge in [-0.3, -0.25) is 0 Å². The predicted octanol–water partition coefficient (Wildman–Crippen LogP) is 2.66. The summed E-state index contributed by atoms with van der Waals surface area (Å²) in [6, 6.07) is 10.2. The third kappa shape index (κ3) is 3.20. The fourth-order valence-corrected chi connectivity index (χ4v) is 1.58. The number of nitrogen functional groups attached to an aromatic ring is 1.